The number of hydrogen-bond donors (Lipinski definition) is 1. The van der Waals surface area contributed by atoms with Crippen LogP contribution in [0.1, 0.15) is 20.3 Å². The van der Waals surface area contributed by atoms with Gasteiger partial charge in [0.1, 0.15) is 0 Å². The summed E-state index contributed by atoms with van der Waals surface area (Å²) in [6.45, 7) is 2.88. The molecule has 0 spiro atoms. The Balaban J connectivity index is 4.28. The van der Waals surface area contributed by atoms with E-state index < -0.39 is 12.1 Å². The zero-order valence-corrected chi connectivity index (χ0v) is 7.18. The Morgan fingerprint density at radius 2 is 2.18 bits per heavy atom. The lowest BCUT2D eigenvalue weighted by Gasteiger charge is -2.07. The average molecular weight is 178 g/mol. The minimum atomic E-state index is -1.30. The highest BCUT2D eigenvalue weighted by Gasteiger charge is 2.03. The van der Waals surface area contributed by atoms with E-state index in [1.807, 2.05) is 0 Å². The van der Waals surface area contributed by atoms with Crippen molar-refractivity contribution in [2.45, 2.75) is 26.4 Å². The number of rotatable bonds is 3. The van der Waals surface area contributed by atoms with Gasteiger partial charge < -0.3 is 15.0 Å². The number of aliphatic carboxylic acids is 1. The van der Waals surface area contributed by atoms with E-state index in [1.54, 1.807) is 0 Å². The molecule has 0 radical (unpaired) electrons. The number of aliphatic hydroxyl groups excluding tert-OH is 1. The zero-order valence-electron chi connectivity index (χ0n) is 6.43. The van der Waals surface area contributed by atoms with Gasteiger partial charge in [0.25, 0.3) is 0 Å². The van der Waals surface area contributed by atoms with Crippen LogP contribution in [-0.2, 0) is 4.79 Å². The highest BCUT2D eigenvalue weighted by atomic mass is 35.5. The van der Waals surface area contributed by atoms with Crippen LogP contribution in [0.2, 0.25) is 0 Å². The van der Waals surface area contributed by atoms with Gasteiger partial charge in [-0.25, -0.2) is 0 Å². The maximum absolute atomic E-state index is 10.2. The Morgan fingerprint density at radius 3 is 2.45 bits per heavy atom. The second-order valence-electron chi connectivity index (χ2n) is 2.37. The first-order chi connectivity index (χ1) is 4.95. The van der Waals surface area contributed by atoms with Crippen LogP contribution in [0.4, 0.5) is 0 Å². The van der Waals surface area contributed by atoms with Crippen molar-refractivity contribution in [2.75, 3.05) is 0 Å². The molecule has 0 saturated carbocycles. The van der Waals surface area contributed by atoms with Crippen molar-refractivity contribution in [3.63, 3.8) is 0 Å². The molecule has 0 aromatic carbocycles. The average Bonchev–Trinajstić information content (AvgIpc) is 1.84. The molecule has 3 nitrogen and oxygen atoms in total. The fraction of sp³-hybridized carbons (Fsp3) is 0.571. The largest absolute Gasteiger partial charge is 0.545 e. The van der Waals surface area contributed by atoms with Crippen LogP contribution in [0, 0.1) is 0 Å². The molecule has 0 amide bonds. The van der Waals surface area contributed by atoms with E-state index in [2.05, 4.69) is 0 Å². The first-order valence-electron chi connectivity index (χ1n) is 3.19. The van der Waals surface area contributed by atoms with E-state index in [9.17, 15) is 9.90 Å². The molecule has 0 saturated heterocycles. The molecular formula is C7H10ClO3-. The fourth-order valence-corrected chi connectivity index (χ4v) is 0.824. The van der Waals surface area contributed by atoms with Gasteiger partial charge in [0.2, 0.25) is 0 Å². The van der Waals surface area contributed by atoms with E-state index in [0.717, 1.165) is 0 Å². The summed E-state index contributed by atoms with van der Waals surface area (Å²) in [4.78, 5) is 10.2. The second kappa shape index (κ2) is 4.36. The van der Waals surface area contributed by atoms with E-state index in [0.29, 0.717) is 0 Å². The van der Waals surface area contributed by atoms with Gasteiger partial charge in [-0.05, 0) is 19.4 Å². The van der Waals surface area contributed by atoms with Crippen molar-refractivity contribution in [2.24, 2.45) is 0 Å². The summed E-state index contributed by atoms with van der Waals surface area (Å²) < 4.78 is 0. The molecule has 0 bridgehead atoms. The Labute approximate surface area is 70.3 Å². The minimum absolute atomic E-state index is 0.0208. The third-order valence-corrected chi connectivity index (χ3v) is 1.63. The second-order valence-corrected chi connectivity index (χ2v) is 2.83. The number of carbonyl (C=O) groups is 1. The van der Waals surface area contributed by atoms with Crippen LogP contribution in [0.3, 0.4) is 0 Å². The third kappa shape index (κ3) is 4.01. The summed E-state index contributed by atoms with van der Waals surface area (Å²) in [7, 11) is 0. The summed E-state index contributed by atoms with van der Waals surface area (Å²) in [5.74, 6) is -1.30. The van der Waals surface area contributed by atoms with Crippen molar-refractivity contribution >= 4 is 17.6 Å². The molecular weight excluding hydrogens is 168 g/mol. The van der Waals surface area contributed by atoms with Crippen LogP contribution in [0.25, 0.3) is 0 Å². The van der Waals surface area contributed by atoms with Gasteiger partial charge in [0, 0.05) is 11.5 Å². The molecule has 0 aliphatic heterocycles. The molecule has 0 fully saturated rings. The predicted octanol–water partition coefficient (Wildman–Crippen LogP) is 0.0200. The van der Waals surface area contributed by atoms with Crippen molar-refractivity contribution in [3.8, 4) is 0 Å². The molecule has 0 aliphatic carbocycles. The molecule has 4 heteroatoms. The Hall–Kier alpha value is -0.540. The molecule has 0 heterocycles. The van der Waals surface area contributed by atoms with Gasteiger partial charge in [-0.15, -0.1) is 0 Å². The lowest BCUT2D eigenvalue weighted by molar-refractivity contribution is -0.299. The SMILES string of the molecule is CC(C(=O)[O-])=C(Cl)CC(C)O. The van der Waals surface area contributed by atoms with Gasteiger partial charge in [-0.1, -0.05) is 11.6 Å². The van der Waals surface area contributed by atoms with E-state index >= 15 is 0 Å². The normalized spacial score (nSPS) is 15.6. The molecule has 0 aromatic heterocycles. The first kappa shape index (κ1) is 10.5. The molecule has 1 N–H and O–H groups in total. The highest BCUT2D eigenvalue weighted by molar-refractivity contribution is 6.31. The fourth-order valence-electron chi connectivity index (χ4n) is 0.523. The number of halogens is 1. The van der Waals surface area contributed by atoms with Gasteiger partial charge in [-0.2, -0.15) is 0 Å². The molecule has 1 unspecified atom stereocenters. The predicted molar refractivity (Wildman–Crippen MR) is 39.9 cm³/mol. The van der Waals surface area contributed by atoms with Crippen LogP contribution in [0.5, 0.6) is 0 Å². The smallest absolute Gasteiger partial charge is 0.0683 e. The lowest BCUT2D eigenvalue weighted by atomic mass is 10.2. The van der Waals surface area contributed by atoms with Gasteiger partial charge in [0.15, 0.2) is 0 Å². The lowest BCUT2D eigenvalue weighted by Crippen LogP contribution is -2.24. The van der Waals surface area contributed by atoms with Crippen LogP contribution in [-0.4, -0.2) is 17.2 Å². The number of carboxylic acids is 1. The zero-order chi connectivity index (χ0) is 9.02. The van der Waals surface area contributed by atoms with Crippen molar-refractivity contribution in [1.82, 2.24) is 0 Å². The number of carboxylic acid groups (broad SMARTS) is 1. The van der Waals surface area contributed by atoms with Crippen LogP contribution in [0.15, 0.2) is 10.6 Å². The van der Waals surface area contributed by atoms with Crippen molar-refractivity contribution in [3.05, 3.63) is 10.6 Å². The van der Waals surface area contributed by atoms with E-state index in [4.69, 9.17) is 16.7 Å². The summed E-state index contributed by atoms with van der Waals surface area (Å²) in [5, 5.41) is 19.1. The Bertz CT molecular complexity index is 184. The number of aliphatic hydroxyl groups is 1. The summed E-state index contributed by atoms with van der Waals surface area (Å²) in [5.41, 5.74) is -0.0208. The quantitative estimate of drug-likeness (QED) is 0.619. The first-order valence-corrected chi connectivity index (χ1v) is 3.57. The summed E-state index contributed by atoms with van der Waals surface area (Å²) in [6, 6.07) is 0. The minimum Gasteiger partial charge on any atom is -0.545 e. The standard InChI is InChI=1S/C7H11ClO3/c1-4(9)3-6(8)5(2)7(10)11/h4,9H,3H2,1-2H3,(H,10,11)/p-1. The van der Waals surface area contributed by atoms with Gasteiger partial charge in [-0.3, -0.25) is 0 Å². The topological polar surface area (TPSA) is 60.4 Å². The molecule has 0 rings (SSSR count). The maximum Gasteiger partial charge on any atom is 0.0683 e. The molecule has 0 aromatic rings. The molecule has 1 atom stereocenters. The van der Waals surface area contributed by atoms with E-state index in [1.165, 1.54) is 13.8 Å². The Morgan fingerprint density at radius 1 is 1.73 bits per heavy atom. The summed E-state index contributed by atoms with van der Waals surface area (Å²) >= 11 is 5.52. The highest BCUT2D eigenvalue weighted by Crippen LogP contribution is 2.14. The van der Waals surface area contributed by atoms with Crippen molar-refractivity contribution in [1.29, 1.82) is 0 Å². The molecule has 64 valence electrons. The maximum atomic E-state index is 10.2. The van der Waals surface area contributed by atoms with E-state index in [-0.39, 0.29) is 17.0 Å². The monoisotopic (exact) mass is 177 g/mol. The Kier molecular flexibility index (Phi) is 4.15. The summed E-state index contributed by atoms with van der Waals surface area (Å²) in [6.07, 6.45) is -0.474. The molecule has 0 aliphatic rings. The number of carbonyl (C=O) groups excluding carboxylic acids is 1. The third-order valence-electron chi connectivity index (χ3n) is 1.19. The van der Waals surface area contributed by atoms with Crippen molar-refractivity contribution < 1.29 is 15.0 Å². The van der Waals surface area contributed by atoms with Gasteiger partial charge >= 0.3 is 0 Å². The van der Waals surface area contributed by atoms with Gasteiger partial charge in [0.05, 0.1) is 12.1 Å². The van der Waals surface area contributed by atoms with Crippen LogP contribution < -0.4 is 5.11 Å². The molecule has 11 heavy (non-hydrogen) atoms. The van der Waals surface area contributed by atoms with Crippen LogP contribution >= 0.6 is 11.6 Å². The number of hydrogen-bond acceptors (Lipinski definition) is 3.